The van der Waals surface area contributed by atoms with Gasteiger partial charge in [0.2, 0.25) is 5.91 Å². The Morgan fingerprint density at radius 3 is 2.90 bits per heavy atom. The van der Waals surface area contributed by atoms with Crippen LogP contribution in [0.25, 0.3) is 0 Å². The maximum atomic E-state index is 13.0. The van der Waals surface area contributed by atoms with Crippen LogP contribution >= 0.6 is 0 Å². The van der Waals surface area contributed by atoms with Crippen molar-refractivity contribution in [1.82, 2.24) is 4.90 Å². The summed E-state index contributed by atoms with van der Waals surface area (Å²) in [4.78, 5) is 25.4. The molecular weight excluding hydrogens is 259 g/mol. The summed E-state index contributed by atoms with van der Waals surface area (Å²) < 4.78 is 13.0. The summed E-state index contributed by atoms with van der Waals surface area (Å²) in [6.07, 6.45) is 2.83. The van der Waals surface area contributed by atoms with Gasteiger partial charge in [0, 0.05) is 5.69 Å². The van der Waals surface area contributed by atoms with Gasteiger partial charge in [-0.1, -0.05) is 12.5 Å². The van der Waals surface area contributed by atoms with Gasteiger partial charge in [-0.2, -0.15) is 0 Å². The van der Waals surface area contributed by atoms with Crippen molar-refractivity contribution in [2.45, 2.75) is 32.2 Å². The number of benzene rings is 1. The largest absolute Gasteiger partial charge is 0.325 e. The third-order valence-corrected chi connectivity index (χ3v) is 3.54. The molecule has 1 unspecified atom stereocenters. The van der Waals surface area contributed by atoms with Crippen LogP contribution in [0, 0.1) is 5.82 Å². The molecule has 1 fully saturated rings. The second-order valence-corrected chi connectivity index (χ2v) is 5.15. The van der Waals surface area contributed by atoms with Crippen molar-refractivity contribution in [1.29, 1.82) is 0 Å². The Hall–Kier alpha value is -1.75. The fraction of sp³-hybridized carbons (Fsp3) is 0.467. The summed E-state index contributed by atoms with van der Waals surface area (Å²) in [6, 6.07) is 5.62. The number of likely N-dealkylation sites (tertiary alicyclic amines) is 1. The number of nitrogens with zero attached hydrogens (tertiary/aromatic N) is 1. The molecule has 1 saturated heterocycles. The van der Waals surface area contributed by atoms with Gasteiger partial charge >= 0.3 is 0 Å². The molecule has 1 atom stereocenters. The number of carbonyl (C=O) groups excluding carboxylic acids is 2. The van der Waals surface area contributed by atoms with Crippen molar-refractivity contribution in [3.05, 3.63) is 30.1 Å². The molecule has 1 heterocycles. The van der Waals surface area contributed by atoms with Gasteiger partial charge in [0.1, 0.15) is 11.6 Å². The molecule has 2 rings (SSSR count). The van der Waals surface area contributed by atoms with Crippen molar-refractivity contribution in [2.24, 2.45) is 0 Å². The van der Waals surface area contributed by atoms with Crippen LogP contribution in [0.4, 0.5) is 10.1 Å². The van der Waals surface area contributed by atoms with Crippen molar-refractivity contribution in [3.8, 4) is 0 Å². The lowest BCUT2D eigenvalue weighted by Crippen LogP contribution is -2.47. The fourth-order valence-electron chi connectivity index (χ4n) is 2.59. The van der Waals surface area contributed by atoms with E-state index in [1.54, 1.807) is 19.1 Å². The number of hydrogen-bond acceptors (Lipinski definition) is 3. The van der Waals surface area contributed by atoms with Gasteiger partial charge in [-0.05, 0) is 44.5 Å². The first-order chi connectivity index (χ1) is 9.56. The highest BCUT2D eigenvalue weighted by Crippen LogP contribution is 2.17. The molecule has 0 bridgehead atoms. The Morgan fingerprint density at radius 2 is 2.20 bits per heavy atom. The van der Waals surface area contributed by atoms with E-state index in [4.69, 9.17) is 0 Å². The zero-order chi connectivity index (χ0) is 14.5. The molecule has 0 radical (unpaired) electrons. The molecule has 0 aliphatic carbocycles. The first-order valence-electron chi connectivity index (χ1n) is 6.86. The van der Waals surface area contributed by atoms with Crippen LogP contribution in [0.1, 0.15) is 26.2 Å². The van der Waals surface area contributed by atoms with Gasteiger partial charge in [0.15, 0.2) is 0 Å². The van der Waals surface area contributed by atoms with Crippen molar-refractivity contribution >= 4 is 17.4 Å². The number of amides is 1. The van der Waals surface area contributed by atoms with E-state index in [1.165, 1.54) is 12.1 Å². The van der Waals surface area contributed by atoms with E-state index in [-0.39, 0.29) is 30.1 Å². The highest BCUT2D eigenvalue weighted by molar-refractivity contribution is 5.92. The molecule has 1 aliphatic heterocycles. The Bertz CT molecular complexity index is 504. The molecule has 1 aliphatic rings. The number of anilines is 1. The minimum Gasteiger partial charge on any atom is -0.325 e. The average Bonchev–Trinajstić information content (AvgIpc) is 2.38. The Labute approximate surface area is 118 Å². The predicted molar refractivity (Wildman–Crippen MR) is 74.9 cm³/mol. The second-order valence-electron chi connectivity index (χ2n) is 5.15. The van der Waals surface area contributed by atoms with Crippen LogP contribution < -0.4 is 5.32 Å². The van der Waals surface area contributed by atoms with Crippen molar-refractivity contribution in [3.63, 3.8) is 0 Å². The van der Waals surface area contributed by atoms with Gasteiger partial charge < -0.3 is 5.32 Å². The monoisotopic (exact) mass is 278 g/mol. The molecular formula is C15H19FN2O2. The van der Waals surface area contributed by atoms with Crippen LogP contribution in [0.5, 0.6) is 0 Å². The normalized spacial score (nSPS) is 19.6. The Morgan fingerprint density at radius 1 is 1.40 bits per heavy atom. The molecule has 5 heteroatoms. The van der Waals surface area contributed by atoms with E-state index in [1.807, 2.05) is 4.90 Å². The van der Waals surface area contributed by atoms with Crippen LogP contribution in [-0.2, 0) is 9.59 Å². The van der Waals surface area contributed by atoms with Crippen LogP contribution in [0.2, 0.25) is 0 Å². The molecule has 1 amide bonds. The summed E-state index contributed by atoms with van der Waals surface area (Å²) >= 11 is 0. The topological polar surface area (TPSA) is 49.4 Å². The van der Waals surface area contributed by atoms with Crippen LogP contribution in [0.15, 0.2) is 24.3 Å². The zero-order valence-corrected chi connectivity index (χ0v) is 11.6. The van der Waals surface area contributed by atoms with Gasteiger partial charge in [-0.15, -0.1) is 0 Å². The van der Waals surface area contributed by atoms with E-state index in [0.717, 1.165) is 25.8 Å². The third-order valence-electron chi connectivity index (χ3n) is 3.54. The molecule has 1 aromatic carbocycles. The number of ketones is 1. The number of piperidine rings is 1. The molecule has 108 valence electrons. The molecule has 1 N–H and O–H groups in total. The highest BCUT2D eigenvalue weighted by Gasteiger charge is 2.27. The number of halogens is 1. The zero-order valence-electron chi connectivity index (χ0n) is 11.6. The summed E-state index contributed by atoms with van der Waals surface area (Å²) in [5.41, 5.74) is 0.436. The van der Waals surface area contributed by atoms with Gasteiger partial charge in [0.05, 0.1) is 12.6 Å². The molecule has 0 saturated carbocycles. The van der Waals surface area contributed by atoms with Gasteiger partial charge in [0.25, 0.3) is 0 Å². The van der Waals surface area contributed by atoms with E-state index in [2.05, 4.69) is 5.32 Å². The van der Waals surface area contributed by atoms with Gasteiger partial charge in [-0.3, -0.25) is 14.5 Å². The molecule has 20 heavy (non-hydrogen) atoms. The summed E-state index contributed by atoms with van der Waals surface area (Å²) in [6.45, 7) is 2.48. The van der Waals surface area contributed by atoms with E-state index in [0.29, 0.717) is 5.69 Å². The highest BCUT2D eigenvalue weighted by atomic mass is 19.1. The van der Waals surface area contributed by atoms with Crippen LogP contribution in [-0.4, -0.2) is 35.7 Å². The Balaban J connectivity index is 1.94. The van der Waals surface area contributed by atoms with Crippen LogP contribution in [0.3, 0.4) is 0 Å². The molecule has 1 aromatic rings. The predicted octanol–water partition coefficient (Wildman–Crippen LogP) is 2.21. The third kappa shape index (κ3) is 3.87. The summed E-state index contributed by atoms with van der Waals surface area (Å²) in [5.74, 6) is -0.505. The maximum Gasteiger partial charge on any atom is 0.238 e. The lowest BCUT2D eigenvalue weighted by Gasteiger charge is -2.33. The minimum atomic E-state index is -0.387. The standard InChI is InChI=1S/C15H19FN2O2/c1-11(19)14-7-2-3-8-18(14)10-15(20)17-13-6-4-5-12(16)9-13/h4-6,9,14H,2-3,7-8,10H2,1H3,(H,17,20). The summed E-state index contributed by atoms with van der Waals surface area (Å²) in [5, 5.41) is 2.66. The van der Waals surface area contributed by atoms with E-state index >= 15 is 0 Å². The van der Waals surface area contributed by atoms with Gasteiger partial charge in [-0.25, -0.2) is 4.39 Å². The number of hydrogen-bond donors (Lipinski definition) is 1. The molecule has 0 aromatic heterocycles. The first-order valence-corrected chi connectivity index (χ1v) is 6.86. The second kappa shape index (κ2) is 6.61. The lowest BCUT2D eigenvalue weighted by molar-refractivity contribution is -0.125. The smallest absolute Gasteiger partial charge is 0.238 e. The fourth-order valence-corrected chi connectivity index (χ4v) is 2.59. The van der Waals surface area contributed by atoms with E-state index in [9.17, 15) is 14.0 Å². The average molecular weight is 278 g/mol. The number of nitrogens with one attached hydrogen (secondary N) is 1. The maximum absolute atomic E-state index is 13.0. The molecule has 4 nitrogen and oxygen atoms in total. The quantitative estimate of drug-likeness (QED) is 0.918. The molecule has 0 spiro atoms. The summed E-state index contributed by atoms with van der Waals surface area (Å²) in [7, 11) is 0. The van der Waals surface area contributed by atoms with Crippen molar-refractivity contribution < 1.29 is 14.0 Å². The lowest BCUT2D eigenvalue weighted by atomic mass is 9.99. The number of rotatable bonds is 4. The SMILES string of the molecule is CC(=O)C1CCCCN1CC(=O)Nc1cccc(F)c1. The Kier molecular flexibility index (Phi) is 4.84. The first kappa shape index (κ1) is 14.7. The van der Waals surface area contributed by atoms with E-state index < -0.39 is 0 Å². The number of Topliss-reactive ketones (excluding diaryl/α,β-unsaturated/α-hetero) is 1. The van der Waals surface area contributed by atoms with Crippen molar-refractivity contribution in [2.75, 3.05) is 18.4 Å². The number of carbonyl (C=O) groups is 2. The minimum absolute atomic E-state index is 0.100.